The minimum Gasteiger partial charge on any atom is -0.402 e. The van der Waals surface area contributed by atoms with E-state index in [9.17, 15) is 13.2 Å². The molecule has 0 atom stereocenters. The van der Waals surface area contributed by atoms with E-state index in [1.807, 2.05) is 0 Å². The fourth-order valence-corrected chi connectivity index (χ4v) is 1.40. The van der Waals surface area contributed by atoms with Crippen molar-refractivity contribution in [3.05, 3.63) is 20.7 Å². The van der Waals surface area contributed by atoms with E-state index in [0.717, 1.165) is 0 Å². The van der Waals surface area contributed by atoms with Crippen molar-refractivity contribution in [2.45, 2.75) is 6.36 Å². The van der Waals surface area contributed by atoms with Crippen molar-refractivity contribution in [2.75, 3.05) is 5.73 Å². The van der Waals surface area contributed by atoms with Gasteiger partial charge in [0.15, 0.2) is 5.75 Å². The van der Waals surface area contributed by atoms with E-state index in [4.69, 9.17) is 17.3 Å². The van der Waals surface area contributed by atoms with E-state index in [0.29, 0.717) is 3.57 Å². The van der Waals surface area contributed by atoms with Crippen LogP contribution in [0, 0.1) is 3.57 Å². The Morgan fingerprint density at radius 3 is 2.43 bits per heavy atom. The number of halogens is 5. The third kappa shape index (κ3) is 2.81. The van der Waals surface area contributed by atoms with Gasteiger partial charge >= 0.3 is 6.36 Å². The first-order valence-electron chi connectivity index (χ1n) is 3.30. The number of alkyl halides is 3. The predicted molar refractivity (Wildman–Crippen MR) is 55.3 cm³/mol. The first-order chi connectivity index (χ1) is 6.31. The van der Waals surface area contributed by atoms with Crippen LogP contribution < -0.4 is 10.5 Å². The lowest BCUT2D eigenvalue weighted by Crippen LogP contribution is -2.18. The van der Waals surface area contributed by atoms with Crippen LogP contribution in [-0.2, 0) is 0 Å². The van der Waals surface area contributed by atoms with Gasteiger partial charge in [-0.25, -0.2) is 0 Å². The molecule has 0 unspecified atom stereocenters. The van der Waals surface area contributed by atoms with Gasteiger partial charge in [-0.1, -0.05) is 11.6 Å². The summed E-state index contributed by atoms with van der Waals surface area (Å²) < 4.78 is 39.8. The van der Waals surface area contributed by atoms with Crippen LogP contribution in [-0.4, -0.2) is 6.36 Å². The van der Waals surface area contributed by atoms with E-state index in [-0.39, 0.29) is 10.7 Å². The van der Waals surface area contributed by atoms with Gasteiger partial charge in [0.25, 0.3) is 0 Å². The molecule has 1 rings (SSSR count). The van der Waals surface area contributed by atoms with E-state index in [2.05, 4.69) is 4.74 Å². The lowest BCUT2D eigenvalue weighted by atomic mass is 10.3. The second-order valence-electron chi connectivity index (χ2n) is 2.32. The number of hydrogen-bond donors (Lipinski definition) is 1. The minimum absolute atomic E-state index is 0.115. The summed E-state index contributed by atoms with van der Waals surface area (Å²) in [4.78, 5) is 0. The third-order valence-corrected chi connectivity index (χ3v) is 2.55. The molecule has 2 N–H and O–H groups in total. The molecule has 0 spiro atoms. The zero-order chi connectivity index (χ0) is 10.9. The van der Waals surface area contributed by atoms with Gasteiger partial charge in [-0.05, 0) is 34.7 Å². The molecule has 0 aromatic heterocycles. The maximum atomic E-state index is 11.9. The van der Waals surface area contributed by atoms with Crippen LogP contribution in [0.25, 0.3) is 0 Å². The average molecular weight is 337 g/mol. The number of hydrogen-bond acceptors (Lipinski definition) is 2. The number of nitrogens with two attached hydrogens (primary N) is 1. The zero-order valence-corrected chi connectivity index (χ0v) is 9.44. The second-order valence-corrected chi connectivity index (χ2v) is 3.89. The highest BCUT2D eigenvalue weighted by atomic mass is 127. The van der Waals surface area contributed by atoms with Crippen LogP contribution in [0.2, 0.25) is 5.02 Å². The third-order valence-electron chi connectivity index (χ3n) is 1.31. The van der Waals surface area contributed by atoms with Gasteiger partial charge in [-0.3, -0.25) is 0 Å². The van der Waals surface area contributed by atoms with Gasteiger partial charge in [0.05, 0.1) is 10.7 Å². The standard InChI is InChI=1S/C7H4ClF3INO/c8-3-1-2-4(12)5(13)6(3)14-7(9,10)11/h1-2H,13H2. The highest BCUT2D eigenvalue weighted by Gasteiger charge is 2.33. The predicted octanol–water partition coefficient (Wildman–Crippen LogP) is 3.43. The van der Waals surface area contributed by atoms with Crippen molar-refractivity contribution >= 4 is 39.9 Å². The molecule has 7 heteroatoms. The van der Waals surface area contributed by atoms with Gasteiger partial charge in [-0.2, -0.15) is 0 Å². The van der Waals surface area contributed by atoms with Crippen LogP contribution in [0.1, 0.15) is 0 Å². The quantitative estimate of drug-likeness (QED) is 0.629. The fraction of sp³-hybridized carbons (Fsp3) is 0.143. The smallest absolute Gasteiger partial charge is 0.402 e. The van der Waals surface area contributed by atoms with Gasteiger partial charge in [-0.15, -0.1) is 13.2 Å². The molecule has 0 saturated heterocycles. The highest BCUT2D eigenvalue weighted by Crippen LogP contribution is 2.37. The molecule has 0 amide bonds. The van der Waals surface area contributed by atoms with Crippen molar-refractivity contribution in [2.24, 2.45) is 0 Å². The Kier molecular flexibility index (Phi) is 3.36. The molecule has 0 bridgehead atoms. The van der Waals surface area contributed by atoms with Crippen molar-refractivity contribution < 1.29 is 17.9 Å². The molecule has 0 heterocycles. The Bertz CT molecular complexity index is 356. The van der Waals surface area contributed by atoms with Crippen LogP contribution in [0.4, 0.5) is 18.9 Å². The van der Waals surface area contributed by atoms with Crippen molar-refractivity contribution in [3.8, 4) is 5.75 Å². The Morgan fingerprint density at radius 2 is 1.93 bits per heavy atom. The van der Waals surface area contributed by atoms with E-state index in [1.165, 1.54) is 12.1 Å². The molecule has 78 valence electrons. The summed E-state index contributed by atoms with van der Waals surface area (Å²) in [5, 5.41) is -0.166. The number of nitrogen functional groups attached to an aromatic ring is 1. The SMILES string of the molecule is Nc1c(I)ccc(Cl)c1OC(F)(F)F. The molecule has 0 aliphatic heterocycles. The van der Waals surface area contributed by atoms with E-state index in [1.54, 1.807) is 22.6 Å². The number of benzene rings is 1. The summed E-state index contributed by atoms with van der Waals surface area (Å²) in [7, 11) is 0. The summed E-state index contributed by atoms with van der Waals surface area (Å²) in [5.41, 5.74) is 5.26. The molecule has 0 saturated carbocycles. The first kappa shape index (κ1) is 11.7. The van der Waals surface area contributed by atoms with Crippen molar-refractivity contribution in [1.29, 1.82) is 0 Å². The van der Waals surface area contributed by atoms with E-state index < -0.39 is 12.1 Å². The van der Waals surface area contributed by atoms with Crippen LogP contribution in [0.5, 0.6) is 5.75 Å². The van der Waals surface area contributed by atoms with E-state index >= 15 is 0 Å². The molecule has 14 heavy (non-hydrogen) atoms. The molecule has 0 radical (unpaired) electrons. The van der Waals surface area contributed by atoms with Crippen LogP contribution in [0.3, 0.4) is 0 Å². The first-order valence-corrected chi connectivity index (χ1v) is 4.76. The Labute approximate surface area is 96.3 Å². The van der Waals surface area contributed by atoms with Gasteiger partial charge in [0.2, 0.25) is 0 Å². The van der Waals surface area contributed by atoms with Gasteiger partial charge in [0, 0.05) is 3.57 Å². The van der Waals surface area contributed by atoms with Gasteiger partial charge < -0.3 is 10.5 Å². The summed E-state index contributed by atoms with van der Waals surface area (Å²) in [6.45, 7) is 0. The number of rotatable bonds is 1. The zero-order valence-electron chi connectivity index (χ0n) is 6.53. The molecule has 2 nitrogen and oxygen atoms in total. The summed E-state index contributed by atoms with van der Waals surface area (Å²) in [6.07, 6.45) is -4.79. The van der Waals surface area contributed by atoms with Crippen molar-refractivity contribution in [1.82, 2.24) is 0 Å². The number of ether oxygens (including phenoxy) is 1. The normalized spacial score (nSPS) is 11.5. The highest BCUT2D eigenvalue weighted by molar-refractivity contribution is 14.1. The fourth-order valence-electron chi connectivity index (χ4n) is 0.768. The van der Waals surface area contributed by atoms with Crippen LogP contribution in [0.15, 0.2) is 12.1 Å². The Balaban J connectivity index is 3.13. The Morgan fingerprint density at radius 1 is 1.36 bits per heavy atom. The van der Waals surface area contributed by atoms with Crippen LogP contribution >= 0.6 is 34.2 Å². The largest absolute Gasteiger partial charge is 0.573 e. The lowest BCUT2D eigenvalue weighted by molar-refractivity contribution is -0.274. The maximum absolute atomic E-state index is 11.9. The second kappa shape index (κ2) is 4.01. The lowest BCUT2D eigenvalue weighted by Gasteiger charge is -2.13. The van der Waals surface area contributed by atoms with Crippen molar-refractivity contribution in [3.63, 3.8) is 0 Å². The summed E-state index contributed by atoms with van der Waals surface area (Å²) >= 11 is 7.29. The molecular weight excluding hydrogens is 333 g/mol. The Hall–Kier alpha value is -0.370. The molecule has 1 aromatic carbocycles. The summed E-state index contributed by atoms with van der Waals surface area (Å²) in [6, 6.07) is 2.79. The molecule has 1 aromatic rings. The topological polar surface area (TPSA) is 35.2 Å². The average Bonchev–Trinajstić information content (AvgIpc) is 2.04. The molecule has 0 fully saturated rings. The monoisotopic (exact) mass is 337 g/mol. The van der Waals surface area contributed by atoms with Gasteiger partial charge in [0.1, 0.15) is 0 Å². The molecule has 0 aliphatic carbocycles. The number of anilines is 1. The summed E-state index contributed by atoms with van der Waals surface area (Å²) in [5.74, 6) is -0.550. The minimum atomic E-state index is -4.79. The molecule has 0 aliphatic rings. The molecular formula is C7H4ClF3INO. The maximum Gasteiger partial charge on any atom is 0.573 e.